The number of hydrogen-bond donors (Lipinski definition) is 0. The van der Waals surface area contributed by atoms with Gasteiger partial charge in [0.15, 0.2) is 0 Å². The molecule has 0 atom stereocenters. The lowest BCUT2D eigenvalue weighted by Gasteiger charge is -2.15. The molecule has 0 N–H and O–H groups in total. The van der Waals surface area contributed by atoms with Gasteiger partial charge in [0.05, 0.1) is 0 Å². The van der Waals surface area contributed by atoms with E-state index in [0.29, 0.717) is 6.42 Å². The normalized spacial score (nSPS) is 14.4. The molecule has 0 aliphatic carbocycles. The third kappa shape index (κ3) is 1.32. The lowest BCUT2D eigenvalue weighted by molar-refractivity contribution is -0.118. The maximum atomic E-state index is 11.5. The minimum absolute atomic E-state index is 0.227. The Bertz CT molecular complexity index is 333. The van der Waals surface area contributed by atoms with Gasteiger partial charge < -0.3 is 4.90 Å². The van der Waals surface area contributed by atoms with E-state index in [9.17, 15) is 4.79 Å². The van der Waals surface area contributed by atoms with Crippen molar-refractivity contribution in [3.8, 4) is 0 Å². The minimum Gasteiger partial charge on any atom is -0.312 e. The minimum atomic E-state index is 0.227. The molecular formula is C11H13NO. The van der Waals surface area contributed by atoms with Crippen LogP contribution in [0.2, 0.25) is 0 Å². The largest absolute Gasteiger partial charge is 0.312 e. The fourth-order valence-electron chi connectivity index (χ4n) is 1.79. The van der Waals surface area contributed by atoms with Gasteiger partial charge in [-0.05, 0) is 18.1 Å². The van der Waals surface area contributed by atoms with E-state index in [0.717, 1.165) is 18.7 Å². The fraction of sp³-hybridized carbons (Fsp3) is 0.364. The van der Waals surface area contributed by atoms with Crippen molar-refractivity contribution in [3.63, 3.8) is 0 Å². The summed E-state index contributed by atoms with van der Waals surface area (Å²) in [4.78, 5) is 13.4. The van der Waals surface area contributed by atoms with Crippen molar-refractivity contribution in [2.75, 3.05) is 11.4 Å². The second-order valence-corrected chi connectivity index (χ2v) is 3.28. The van der Waals surface area contributed by atoms with Gasteiger partial charge in [-0.25, -0.2) is 0 Å². The molecule has 0 unspecified atom stereocenters. The van der Waals surface area contributed by atoms with Crippen LogP contribution in [0.25, 0.3) is 0 Å². The van der Waals surface area contributed by atoms with Crippen molar-refractivity contribution in [3.05, 3.63) is 29.8 Å². The highest BCUT2D eigenvalue weighted by Gasteiger charge is 2.22. The van der Waals surface area contributed by atoms with Crippen LogP contribution in [0.4, 0.5) is 5.69 Å². The highest BCUT2D eigenvalue weighted by molar-refractivity contribution is 5.95. The maximum Gasteiger partial charge on any atom is 0.226 e. The standard InChI is InChI=1S/C11H13NO/c1-2-11(13)12-8-7-9-5-3-4-6-10(9)12/h3-6H,2,7-8H2,1H3. The highest BCUT2D eigenvalue weighted by atomic mass is 16.2. The quantitative estimate of drug-likeness (QED) is 0.639. The number of carbonyl (C=O) groups excluding carboxylic acids is 1. The van der Waals surface area contributed by atoms with E-state index >= 15 is 0 Å². The number of nitrogens with zero attached hydrogens (tertiary/aromatic N) is 1. The molecular weight excluding hydrogens is 162 g/mol. The molecule has 0 aromatic heterocycles. The van der Waals surface area contributed by atoms with Crippen LogP contribution in [0.1, 0.15) is 18.9 Å². The van der Waals surface area contributed by atoms with Crippen LogP contribution < -0.4 is 4.90 Å². The molecule has 2 rings (SSSR count). The van der Waals surface area contributed by atoms with Gasteiger partial charge in [0.25, 0.3) is 0 Å². The van der Waals surface area contributed by atoms with Crippen LogP contribution >= 0.6 is 0 Å². The molecule has 0 spiro atoms. The molecule has 1 amide bonds. The van der Waals surface area contributed by atoms with Gasteiger partial charge in [-0.2, -0.15) is 0 Å². The zero-order chi connectivity index (χ0) is 9.26. The van der Waals surface area contributed by atoms with E-state index in [-0.39, 0.29) is 5.91 Å². The lowest BCUT2D eigenvalue weighted by atomic mass is 10.2. The van der Waals surface area contributed by atoms with Crippen molar-refractivity contribution in [1.82, 2.24) is 0 Å². The molecule has 0 saturated carbocycles. The summed E-state index contributed by atoms with van der Waals surface area (Å²) in [5.41, 5.74) is 2.40. The first-order valence-electron chi connectivity index (χ1n) is 4.71. The number of anilines is 1. The summed E-state index contributed by atoms with van der Waals surface area (Å²) < 4.78 is 0. The summed E-state index contributed by atoms with van der Waals surface area (Å²) in [6.45, 7) is 2.76. The molecule has 0 saturated heterocycles. The summed E-state index contributed by atoms with van der Waals surface area (Å²) >= 11 is 0. The zero-order valence-electron chi connectivity index (χ0n) is 7.79. The molecule has 0 radical (unpaired) electrons. The number of benzene rings is 1. The van der Waals surface area contributed by atoms with E-state index in [1.807, 2.05) is 30.0 Å². The topological polar surface area (TPSA) is 20.3 Å². The maximum absolute atomic E-state index is 11.5. The van der Waals surface area contributed by atoms with Gasteiger partial charge in [-0.3, -0.25) is 4.79 Å². The molecule has 1 aliphatic rings. The van der Waals surface area contributed by atoms with Crippen molar-refractivity contribution < 1.29 is 4.79 Å². The van der Waals surface area contributed by atoms with E-state index in [1.54, 1.807) is 0 Å². The van der Waals surface area contributed by atoms with Crippen molar-refractivity contribution in [1.29, 1.82) is 0 Å². The molecule has 2 nitrogen and oxygen atoms in total. The van der Waals surface area contributed by atoms with Gasteiger partial charge in [0.2, 0.25) is 5.91 Å². The van der Waals surface area contributed by atoms with Crippen LogP contribution in [0.5, 0.6) is 0 Å². The first kappa shape index (κ1) is 8.30. The molecule has 1 aromatic carbocycles. The highest BCUT2D eigenvalue weighted by Crippen LogP contribution is 2.27. The molecule has 13 heavy (non-hydrogen) atoms. The molecule has 1 aromatic rings. The van der Waals surface area contributed by atoms with Gasteiger partial charge >= 0.3 is 0 Å². The summed E-state index contributed by atoms with van der Waals surface area (Å²) in [7, 11) is 0. The Balaban J connectivity index is 2.33. The Morgan fingerprint density at radius 2 is 2.23 bits per heavy atom. The predicted octanol–water partition coefficient (Wildman–Crippen LogP) is 1.99. The third-order valence-corrected chi connectivity index (χ3v) is 2.49. The van der Waals surface area contributed by atoms with Crippen LogP contribution in [-0.4, -0.2) is 12.5 Å². The number of fused-ring (bicyclic) bond motifs is 1. The zero-order valence-corrected chi connectivity index (χ0v) is 7.79. The first-order valence-corrected chi connectivity index (χ1v) is 4.71. The molecule has 1 heterocycles. The smallest absolute Gasteiger partial charge is 0.226 e. The van der Waals surface area contributed by atoms with E-state index < -0.39 is 0 Å². The number of amides is 1. The number of rotatable bonds is 1. The van der Waals surface area contributed by atoms with Crippen LogP contribution in [-0.2, 0) is 11.2 Å². The molecule has 0 bridgehead atoms. The second-order valence-electron chi connectivity index (χ2n) is 3.28. The van der Waals surface area contributed by atoms with Crippen molar-refractivity contribution >= 4 is 11.6 Å². The Labute approximate surface area is 78.2 Å². The van der Waals surface area contributed by atoms with E-state index in [1.165, 1.54) is 5.56 Å². The Morgan fingerprint density at radius 3 is 3.00 bits per heavy atom. The Hall–Kier alpha value is -1.31. The lowest BCUT2D eigenvalue weighted by Crippen LogP contribution is -2.27. The van der Waals surface area contributed by atoms with Crippen LogP contribution in [0.15, 0.2) is 24.3 Å². The number of para-hydroxylation sites is 1. The summed E-state index contributed by atoms with van der Waals surface area (Å²) in [5, 5.41) is 0. The van der Waals surface area contributed by atoms with Crippen LogP contribution in [0, 0.1) is 0 Å². The van der Waals surface area contributed by atoms with E-state index in [2.05, 4.69) is 6.07 Å². The molecule has 68 valence electrons. The van der Waals surface area contributed by atoms with Crippen LogP contribution in [0.3, 0.4) is 0 Å². The van der Waals surface area contributed by atoms with Gasteiger partial charge in [-0.15, -0.1) is 0 Å². The number of carbonyl (C=O) groups is 1. The SMILES string of the molecule is CCC(=O)N1CCc2ccccc21. The second kappa shape index (κ2) is 3.21. The van der Waals surface area contributed by atoms with Crippen molar-refractivity contribution in [2.45, 2.75) is 19.8 Å². The molecule has 0 fully saturated rings. The first-order chi connectivity index (χ1) is 6.33. The van der Waals surface area contributed by atoms with Gasteiger partial charge in [0, 0.05) is 18.7 Å². The van der Waals surface area contributed by atoms with E-state index in [4.69, 9.17) is 0 Å². The Morgan fingerprint density at radius 1 is 1.46 bits per heavy atom. The average Bonchev–Trinajstić information content (AvgIpc) is 2.60. The van der Waals surface area contributed by atoms with Crippen molar-refractivity contribution in [2.24, 2.45) is 0 Å². The molecule has 1 aliphatic heterocycles. The third-order valence-electron chi connectivity index (χ3n) is 2.49. The monoisotopic (exact) mass is 175 g/mol. The average molecular weight is 175 g/mol. The summed E-state index contributed by atoms with van der Waals surface area (Å²) in [6, 6.07) is 8.13. The predicted molar refractivity (Wildman–Crippen MR) is 52.8 cm³/mol. The van der Waals surface area contributed by atoms with Gasteiger partial charge in [0.1, 0.15) is 0 Å². The Kier molecular flexibility index (Phi) is 2.05. The van der Waals surface area contributed by atoms with Gasteiger partial charge in [-0.1, -0.05) is 25.1 Å². The number of hydrogen-bond acceptors (Lipinski definition) is 1. The summed E-state index contributed by atoms with van der Waals surface area (Å²) in [6.07, 6.45) is 1.59. The summed E-state index contributed by atoms with van der Waals surface area (Å²) in [5.74, 6) is 0.227. The molecule has 2 heteroatoms. The fourth-order valence-corrected chi connectivity index (χ4v) is 1.79.